The fraction of sp³-hybridized carbons (Fsp3) is 0.273. The molecule has 0 aliphatic rings. The van der Waals surface area contributed by atoms with Crippen LogP contribution in [-0.4, -0.2) is 36.2 Å². The summed E-state index contributed by atoms with van der Waals surface area (Å²) in [7, 11) is 0. The lowest BCUT2D eigenvalue weighted by atomic mass is 10.1. The van der Waals surface area contributed by atoms with Crippen molar-refractivity contribution in [3.63, 3.8) is 0 Å². The molecule has 0 amide bonds. The Balaban J connectivity index is 1.72. The highest BCUT2D eigenvalue weighted by Gasteiger charge is 2.20. The van der Waals surface area contributed by atoms with Crippen LogP contribution in [0.3, 0.4) is 0 Å². The highest BCUT2D eigenvalue weighted by molar-refractivity contribution is 5.76. The Morgan fingerprint density at radius 1 is 1.06 bits per heavy atom. The third-order valence-electron chi connectivity index (χ3n) is 4.80. The number of hydrogen-bond acceptors (Lipinski definition) is 6. The molecule has 0 unspecified atom stereocenters. The van der Waals surface area contributed by atoms with Gasteiger partial charge >= 0.3 is 6.61 Å². The van der Waals surface area contributed by atoms with Crippen LogP contribution in [0.4, 0.5) is 8.78 Å². The number of para-hydroxylation sites is 1. The SMILES string of the molecule is Cc1nc2ccc(-c3cnc(C(C)(C)O)nc3)nc2n1Cc1ccccc1OC(F)F. The molecule has 31 heavy (non-hydrogen) atoms. The highest BCUT2D eigenvalue weighted by atomic mass is 19.3. The molecule has 4 rings (SSSR count). The van der Waals surface area contributed by atoms with Gasteiger partial charge in [0.2, 0.25) is 0 Å². The zero-order valence-corrected chi connectivity index (χ0v) is 17.3. The lowest BCUT2D eigenvalue weighted by molar-refractivity contribution is -0.0504. The molecule has 9 heteroatoms. The molecule has 7 nitrogen and oxygen atoms in total. The van der Waals surface area contributed by atoms with Gasteiger partial charge in [0.1, 0.15) is 22.7 Å². The Kier molecular flexibility index (Phi) is 5.36. The van der Waals surface area contributed by atoms with Crippen LogP contribution in [0.25, 0.3) is 22.4 Å². The van der Waals surface area contributed by atoms with Crippen molar-refractivity contribution in [3.05, 3.63) is 66.0 Å². The quantitative estimate of drug-likeness (QED) is 0.501. The van der Waals surface area contributed by atoms with Crippen LogP contribution in [0.15, 0.2) is 48.8 Å². The minimum absolute atomic E-state index is 0.116. The Hall–Kier alpha value is -3.46. The van der Waals surface area contributed by atoms with Gasteiger partial charge in [-0.3, -0.25) is 0 Å². The predicted octanol–water partition coefficient (Wildman–Crippen LogP) is 4.07. The summed E-state index contributed by atoms with van der Waals surface area (Å²) in [5.74, 6) is 1.12. The molecule has 0 fully saturated rings. The van der Waals surface area contributed by atoms with Crippen molar-refractivity contribution >= 4 is 11.2 Å². The van der Waals surface area contributed by atoms with E-state index in [1.165, 1.54) is 6.07 Å². The van der Waals surface area contributed by atoms with Gasteiger partial charge in [0, 0.05) is 23.5 Å². The minimum Gasteiger partial charge on any atom is -0.434 e. The number of alkyl halides is 2. The van der Waals surface area contributed by atoms with Gasteiger partial charge in [-0.25, -0.2) is 19.9 Å². The van der Waals surface area contributed by atoms with Crippen molar-refractivity contribution in [2.45, 2.75) is 39.5 Å². The number of aliphatic hydroxyl groups is 1. The minimum atomic E-state index is -2.90. The monoisotopic (exact) mass is 425 g/mol. The molecule has 0 aliphatic carbocycles. The molecule has 1 N–H and O–H groups in total. The van der Waals surface area contributed by atoms with Crippen molar-refractivity contribution in [1.29, 1.82) is 0 Å². The maximum atomic E-state index is 12.8. The zero-order chi connectivity index (χ0) is 22.2. The van der Waals surface area contributed by atoms with E-state index in [9.17, 15) is 13.9 Å². The summed E-state index contributed by atoms with van der Waals surface area (Å²) in [5, 5.41) is 10.0. The molecular formula is C22H21F2N5O2. The molecule has 3 heterocycles. The third kappa shape index (κ3) is 4.36. The van der Waals surface area contributed by atoms with E-state index < -0.39 is 12.2 Å². The maximum absolute atomic E-state index is 12.8. The first-order valence-electron chi connectivity index (χ1n) is 9.64. The van der Waals surface area contributed by atoms with Crippen LogP contribution in [-0.2, 0) is 12.1 Å². The topological polar surface area (TPSA) is 86.0 Å². The first kappa shape index (κ1) is 20.8. The van der Waals surface area contributed by atoms with Crippen LogP contribution in [0.5, 0.6) is 5.75 Å². The Morgan fingerprint density at radius 3 is 2.45 bits per heavy atom. The summed E-state index contributed by atoms with van der Waals surface area (Å²) in [4.78, 5) is 17.7. The van der Waals surface area contributed by atoms with Crippen molar-refractivity contribution in [2.75, 3.05) is 0 Å². The molecule has 3 aromatic heterocycles. The Morgan fingerprint density at radius 2 is 1.77 bits per heavy atom. The summed E-state index contributed by atoms with van der Waals surface area (Å²) in [6.45, 7) is 2.43. The van der Waals surface area contributed by atoms with Crippen molar-refractivity contribution < 1.29 is 18.6 Å². The normalized spacial score (nSPS) is 12.0. The van der Waals surface area contributed by atoms with Crippen molar-refractivity contribution in [3.8, 4) is 17.0 Å². The predicted molar refractivity (Wildman–Crippen MR) is 111 cm³/mol. The first-order chi connectivity index (χ1) is 14.7. The number of aromatic nitrogens is 5. The number of benzene rings is 1. The second-order valence-electron chi connectivity index (χ2n) is 7.62. The molecule has 0 aliphatic heterocycles. The fourth-order valence-electron chi connectivity index (χ4n) is 3.26. The fourth-order valence-corrected chi connectivity index (χ4v) is 3.26. The average molecular weight is 425 g/mol. The van der Waals surface area contributed by atoms with E-state index in [-0.39, 0.29) is 12.3 Å². The van der Waals surface area contributed by atoms with E-state index in [2.05, 4.69) is 19.7 Å². The number of rotatable bonds is 6. The molecule has 0 saturated carbocycles. The van der Waals surface area contributed by atoms with E-state index in [0.717, 1.165) is 0 Å². The first-order valence-corrected chi connectivity index (χ1v) is 9.64. The van der Waals surface area contributed by atoms with Crippen LogP contribution in [0.2, 0.25) is 0 Å². The number of imidazole rings is 1. The van der Waals surface area contributed by atoms with Gasteiger partial charge in [-0.05, 0) is 39.0 Å². The lowest BCUT2D eigenvalue weighted by Crippen LogP contribution is -2.19. The highest BCUT2D eigenvalue weighted by Crippen LogP contribution is 2.26. The molecule has 0 atom stereocenters. The Labute approximate surface area is 177 Å². The van der Waals surface area contributed by atoms with E-state index in [4.69, 9.17) is 4.98 Å². The molecule has 160 valence electrons. The molecule has 0 spiro atoms. The number of aryl methyl sites for hydroxylation is 1. The van der Waals surface area contributed by atoms with E-state index in [1.807, 2.05) is 23.6 Å². The number of halogens is 2. The smallest absolute Gasteiger partial charge is 0.387 e. The van der Waals surface area contributed by atoms with Gasteiger partial charge in [0.05, 0.1) is 12.2 Å². The average Bonchev–Trinajstić information content (AvgIpc) is 3.03. The lowest BCUT2D eigenvalue weighted by Gasteiger charge is -2.15. The Bertz CT molecular complexity index is 1220. The summed E-state index contributed by atoms with van der Waals surface area (Å²) >= 11 is 0. The van der Waals surface area contributed by atoms with Gasteiger partial charge < -0.3 is 14.4 Å². The standard InChI is InChI=1S/C22H21F2N5O2/c1-13-27-17-9-8-16(15-10-25-20(26-11-15)22(2,3)30)28-19(17)29(13)12-14-6-4-5-7-18(14)31-21(23)24/h4-11,21,30H,12H2,1-3H3. The summed E-state index contributed by atoms with van der Waals surface area (Å²) in [5.41, 5.74) is 2.06. The second-order valence-corrected chi connectivity index (χ2v) is 7.62. The molecule has 0 bridgehead atoms. The molecular weight excluding hydrogens is 404 g/mol. The summed E-state index contributed by atoms with van der Waals surface area (Å²) in [6.07, 6.45) is 3.21. The number of pyridine rings is 1. The number of nitrogens with zero attached hydrogens (tertiary/aromatic N) is 5. The molecule has 0 radical (unpaired) electrons. The van der Waals surface area contributed by atoms with Gasteiger partial charge in [-0.15, -0.1) is 0 Å². The van der Waals surface area contributed by atoms with Crippen LogP contribution in [0.1, 0.15) is 31.1 Å². The maximum Gasteiger partial charge on any atom is 0.387 e. The van der Waals surface area contributed by atoms with Crippen LogP contribution < -0.4 is 4.74 Å². The summed E-state index contributed by atoms with van der Waals surface area (Å²) < 4.78 is 32.0. The molecule has 1 aromatic carbocycles. The zero-order valence-electron chi connectivity index (χ0n) is 17.3. The number of hydrogen-bond donors (Lipinski definition) is 1. The third-order valence-corrected chi connectivity index (χ3v) is 4.80. The van der Waals surface area contributed by atoms with Gasteiger partial charge in [-0.2, -0.15) is 8.78 Å². The molecule has 4 aromatic rings. The summed E-state index contributed by atoms with van der Waals surface area (Å²) in [6, 6.07) is 10.3. The number of ether oxygens (including phenoxy) is 1. The van der Waals surface area contributed by atoms with E-state index in [0.29, 0.717) is 39.6 Å². The van der Waals surface area contributed by atoms with Gasteiger partial charge in [-0.1, -0.05) is 18.2 Å². The van der Waals surface area contributed by atoms with E-state index >= 15 is 0 Å². The van der Waals surface area contributed by atoms with Crippen LogP contribution >= 0.6 is 0 Å². The van der Waals surface area contributed by atoms with Gasteiger partial charge in [0.25, 0.3) is 0 Å². The largest absolute Gasteiger partial charge is 0.434 e. The van der Waals surface area contributed by atoms with Crippen molar-refractivity contribution in [2.24, 2.45) is 0 Å². The number of fused-ring (bicyclic) bond motifs is 1. The van der Waals surface area contributed by atoms with Gasteiger partial charge in [0.15, 0.2) is 11.5 Å². The van der Waals surface area contributed by atoms with E-state index in [1.54, 1.807) is 44.4 Å². The second kappa shape index (κ2) is 7.99. The van der Waals surface area contributed by atoms with Crippen LogP contribution in [0, 0.1) is 6.92 Å². The molecule has 0 saturated heterocycles. The van der Waals surface area contributed by atoms with Crippen molar-refractivity contribution in [1.82, 2.24) is 24.5 Å².